The Morgan fingerprint density at radius 2 is 1.73 bits per heavy atom. The van der Waals surface area contributed by atoms with Crippen LogP contribution in [0.25, 0.3) is 0 Å². The molecule has 1 aromatic heterocycles. The summed E-state index contributed by atoms with van der Waals surface area (Å²) >= 11 is 3.30. The van der Waals surface area contributed by atoms with Crippen LogP contribution >= 0.6 is 15.9 Å². The van der Waals surface area contributed by atoms with E-state index in [0.717, 1.165) is 16.0 Å². The molecule has 0 unspecified atom stereocenters. The lowest BCUT2D eigenvalue weighted by Gasteiger charge is -2.04. The Bertz CT molecular complexity index is 414. The van der Waals surface area contributed by atoms with Gasteiger partial charge in [0.1, 0.15) is 5.82 Å². The first kappa shape index (κ1) is 10.1. The molecular formula is C11H10BrN3. The standard InChI is InChI=1S/C11H10BrN3/c12-9-6-14-11(15-7-9)8-13-10-4-2-1-3-5-10/h1-7,13H,8H2. The van der Waals surface area contributed by atoms with Crippen LogP contribution in [0.1, 0.15) is 5.82 Å². The van der Waals surface area contributed by atoms with Crippen molar-refractivity contribution < 1.29 is 0 Å². The number of hydrogen-bond acceptors (Lipinski definition) is 3. The fourth-order valence-corrected chi connectivity index (χ4v) is 1.37. The predicted octanol–water partition coefficient (Wildman–Crippen LogP) is 2.85. The summed E-state index contributed by atoms with van der Waals surface area (Å²) in [5.74, 6) is 0.780. The van der Waals surface area contributed by atoms with Crippen LogP contribution in [0, 0.1) is 0 Å². The molecule has 0 radical (unpaired) electrons. The number of nitrogens with one attached hydrogen (secondary N) is 1. The van der Waals surface area contributed by atoms with Gasteiger partial charge >= 0.3 is 0 Å². The molecule has 0 bridgehead atoms. The van der Waals surface area contributed by atoms with E-state index in [1.807, 2.05) is 30.3 Å². The number of aromatic nitrogens is 2. The summed E-state index contributed by atoms with van der Waals surface area (Å²) in [6.07, 6.45) is 3.49. The molecule has 0 aliphatic rings. The third kappa shape index (κ3) is 3.02. The highest BCUT2D eigenvalue weighted by Crippen LogP contribution is 2.07. The molecule has 0 amide bonds. The van der Waals surface area contributed by atoms with Gasteiger partial charge in [-0.3, -0.25) is 0 Å². The minimum absolute atomic E-state index is 0.636. The Hall–Kier alpha value is -1.42. The highest BCUT2D eigenvalue weighted by Gasteiger charge is 1.95. The van der Waals surface area contributed by atoms with Crippen molar-refractivity contribution >= 4 is 21.6 Å². The SMILES string of the molecule is Brc1cnc(CNc2ccccc2)nc1. The van der Waals surface area contributed by atoms with Gasteiger partial charge in [-0.2, -0.15) is 0 Å². The summed E-state index contributed by atoms with van der Waals surface area (Å²) in [5, 5.41) is 3.24. The summed E-state index contributed by atoms with van der Waals surface area (Å²) in [6, 6.07) is 9.99. The number of para-hydroxylation sites is 1. The molecule has 0 aliphatic heterocycles. The minimum Gasteiger partial charge on any atom is -0.378 e. The topological polar surface area (TPSA) is 37.8 Å². The van der Waals surface area contributed by atoms with Gasteiger partial charge < -0.3 is 5.32 Å². The molecule has 0 saturated heterocycles. The van der Waals surface area contributed by atoms with Crippen molar-refractivity contribution in [2.75, 3.05) is 5.32 Å². The van der Waals surface area contributed by atoms with Gasteiger partial charge in [-0.05, 0) is 28.1 Å². The van der Waals surface area contributed by atoms with Crippen molar-refractivity contribution in [2.24, 2.45) is 0 Å². The van der Waals surface area contributed by atoms with E-state index in [9.17, 15) is 0 Å². The number of hydrogen-bond donors (Lipinski definition) is 1. The van der Waals surface area contributed by atoms with Crippen LogP contribution in [0.5, 0.6) is 0 Å². The second kappa shape index (κ2) is 4.89. The Kier molecular flexibility index (Phi) is 3.29. The van der Waals surface area contributed by atoms with E-state index in [4.69, 9.17) is 0 Å². The molecular weight excluding hydrogens is 254 g/mol. The second-order valence-corrected chi connectivity index (χ2v) is 3.95. The molecule has 0 saturated carbocycles. The summed E-state index contributed by atoms with van der Waals surface area (Å²) < 4.78 is 0.894. The fourth-order valence-electron chi connectivity index (χ4n) is 1.17. The number of nitrogens with zero attached hydrogens (tertiary/aromatic N) is 2. The molecule has 2 rings (SSSR count). The Morgan fingerprint density at radius 3 is 2.40 bits per heavy atom. The number of anilines is 1. The molecule has 1 N–H and O–H groups in total. The normalized spacial score (nSPS) is 9.93. The van der Waals surface area contributed by atoms with Crippen molar-refractivity contribution in [3.05, 3.63) is 53.0 Å². The first-order valence-electron chi connectivity index (χ1n) is 4.60. The van der Waals surface area contributed by atoms with Crippen LogP contribution in [-0.2, 0) is 6.54 Å². The van der Waals surface area contributed by atoms with Gasteiger partial charge in [-0.25, -0.2) is 9.97 Å². The minimum atomic E-state index is 0.636. The zero-order chi connectivity index (χ0) is 10.5. The van der Waals surface area contributed by atoms with E-state index in [-0.39, 0.29) is 0 Å². The van der Waals surface area contributed by atoms with Crippen LogP contribution in [0.2, 0.25) is 0 Å². The number of rotatable bonds is 3. The van der Waals surface area contributed by atoms with Crippen molar-refractivity contribution in [1.82, 2.24) is 9.97 Å². The van der Waals surface area contributed by atoms with E-state index in [2.05, 4.69) is 31.2 Å². The van der Waals surface area contributed by atoms with Gasteiger partial charge in [0, 0.05) is 18.1 Å². The predicted molar refractivity (Wildman–Crippen MR) is 63.5 cm³/mol. The van der Waals surface area contributed by atoms with E-state index < -0.39 is 0 Å². The summed E-state index contributed by atoms with van der Waals surface area (Å²) in [7, 11) is 0. The third-order valence-electron chi connectivity index (χ3n) is 1.90. The van der Waals surface area contributed by atoms with E-state index in [1.54, 1.807) is 12.4 Å². The second-order valence-electron chi connectivity index (χ2n) is 3.04. The molecule has 1 aromatic carbocycles. The molecule has 4 heteroatoms. The maximum absolute atomic E-state index is 4.17. The number of benzene rings is 1. The van der Waals surface area contributed by atoms with Crippen molar-refractivity contribution in [1.29, 1.82) is 0 Å². The van der Waals surface area contributed by atoms with Crippen molar-refractivity contribution in [2.45, 2.75) is 6.54 Å². The van der Waals surface area contributed by atoms with Gasteiger partial charge in [-0.15, -0.1) is 0 Å². The molecule has 15 heavy (non-hydrogen) atoms. The summed E-state index contributed by atoms with van der Waals surface area (Å²) in [5.41, 5.74) is 1.07. The lowest BCUT2D eigenvalue weighted by Crippen LogP contribution is -2.03. The first-order valence-corrected chi connectivity index (χ1v) is 5.39. The zero-order valence-electron chi connectivity index (χ0n) is 8.02. The Labute approximate surface area is 96.7 Å². The van der Waals surface area contributed by atoms with Gasteiger partial charge in [0.2, 0.25) is 0 Å². The molecule has 0 fully saturated rings. The van der Waals surface area contributed by atoms with Crippen molar-refractivity contribution in [3.63, 3.8) is 0 Å². The van der Waals surface area contributed by atoms with E-state index in [1.165, 1.54) is 0 Å². The number of halogens is 1. The molecule has 0 spiro atoms. The van der Waals surface area contributed by atoms with E-state index >= 15 is 0 Å². The monoisotopic (exact) mass is 263 g/mol. The van der Waals surface area contributed by atoms with Crippen LogP contribution in [0.4, 0.5) is 5.69 Å². The maximum atomic E-state index is 4.17. The fraction of sp³-hybridized carbons (Fsp3) is 0.0909. The molecule has 76 valence electrons. The Balaban J connectivity index is 1.96. The van der Waals surface area contributed by atoms with Crippen LogP contribution < -0.4 is 5.32 Å². The van der Waals surface area contributed by atoms with E-state index in [0.29, 0.717) is 6.54 Å². The maximum Gasteiger partial charge on any atom is 0.147 e. The molecule has 3 nitrogen and oxygen atoms in total. The third-order valence-corrected chi connectivity index (χ3v) is 2.31. The first-order chi connectivity index (χ1) is 7.34. The lowest BCUT2D eigenvalue weighted by atomic mass is 10.3. The van der Waals surface area contributed by atoms with Gasteiger partial charge in [0.15, 0.2) is 0 Å². The lowest BCUT2D eigenvalue weighted by molar-refractivity contribution is 0.943. The van der Waals surface area contributed by atoms with Crippen LogP contribution in [0.3, 0.4) is 0 Å². The molecule has 2 aromatic rings. The molecule has 0 aliphatic carbocycles. The quantitative estimate of drug-likeness (QED) is 0.926. The Morgan fingerprint density at radius 1 is 1.07 bits per heavy atom. The van der Waals surface area contributed by atoms with Crippen LogP contribution in [0.15, 0.2) is 47.2 Å². The van der Waals surface area contributed by atoms with Gasteiger partial charge in [-0.1, -0.05) is 18.2 Å². The highest BCUT2D eigenvalue weighted by molar-refractivity contribution is 9.10. The highest BCUT2D eigenvalue weighted by atomic mass is 79.9. The van der Waals surface area contributed by atoms with Crippen LogP contribution in [-0.4, -0.2) is 9.97 Å². The average Bonchev–Trinajstić information content (AvgIpc) is 2.30. The van der Waals surface area contributed by atoms with Crippen molar-refractivity contribution in [3.8, 4) is 0 Å². The zero-order valence-corrected chi connectivity index (χ0v) is 9.61. The average molecular weight is 264 g/mol. The summed E-state index contributed by atoms with van der Waals surface area (Å²) in [4.78, 5) is 8.35. The summed E-state index contributed by atoms with van der Waals surface area (Å²) in [6.45, 7) is 0.636. The van der Waals surface area contributed by atoms with Gasteiger partial charge in [0.25, 0.3) is 0 Å². The van der Waals surface area contributed by atoms with Gasteiger partial charge in [0.05, 0.1) is 11.0 Å². The molecule has 0 atom stereocenters. The largest absolute Gasteiger partial charge is 0.378 e. The smallest absolute Gasteiger partial charge is 0.147 e. The molecule has 1 heterocycles.